The number of nitrogens with zero attached hydrogens (tertiary/aromatic N) is 2. The van der Waals surface area contributed by atoms with E-state index in [1.54, 1.807) is 11.3 Å². The first-order chi connectivity index (χ1) is 8.79. The highest BCUT2D eigenvalue weighted by Gasteiger charge is 2.26. The van der Waals surface area contributed by atoms with Crippen molar-refractivity contribution in [3.05, 3.63) is 11.1 Å². The predicted molar refractivity (Wildman–Crippen MR) is 80.7 cm³/mol. The number of hydrogen-bond acceptors (Lipinski definition) is 5. The van der Waals surface area contributed by atoms with E-state index >= 15 is 0 Å². The fourth-order valence-electron chi connectivity index (χ4n) is 2.47. The number of anilines is 1. The van der Waals surface area contributed by atoms with Crippen molar-refractivity contribution in [2.45, 2.75) is 38.3 Å². The van der Waals surface area contributed by atoms with Crippen LogP contribution in [0.2, 0.25) is 0 Å². The average molecular weight is 304 g/mol. The second kappa shape index (κ2) is 6.88. The lowest BCUT2D eigenvalue weighted by Gasteiger charge is -2.32. The molecule has 0 radical (unpaired) electrons. The lowest BCUT2D eigenvalue weighted by atomic mass is 10.1. The monoisotopic (exact) mass is 303 g/mol. The molecule has 1 aromatic rings. The zero-order valence-corrected chi connectivity index (χ0v) is 12.7. The first-order valence-electron chi connectivity index (χ1n) is 6.84. The molecular weight excluding hydrogens is 282 g/mol. The van der Waals surface area contributed by atoms with Gasteiger partial charge in [-0.25, -0.2) is 4.98 Å². The van der Waals surface area contributed by atoms with Crippen molar-refractivity contribution in [3.63, 3.8) is 0 Å². The maximum atomic E-state index is 6.00. The van der Waals surface area contributed by atoms with Gasteiger partial charge in [0.05, 0.1) is 6.10 Å². The van der Waals surface area contributed by atoms with Crippen LogP contribution in [0.3, 0.4) is 0 Å². The van der Waals surface area contributed by atoms with Gasteiger partial charge in [0.15, 0.2) is 5.13 Å². The normalized spacial score (nSPS) is 24.1. The van der Waals surface area contributed by atoms with Crippen molar-refractivity contribution >= 4 is 28.9 Å². The van der Waals surface area contributed by atoms with Gasteiger partial charge >= 0.3 is 0 Å². The summed E-state index contributed by atoms with van der Waals surface area (Å²) in [5, 5.41) is 0.670. The molecule has 0 spiro atoms. The first kappa shape index (κ1) is 15.0. The highest BCUT2D eigenvalue weighted by Crippen LogP contribution is 2.30. The number of piperidine rings is 1. The molecule has 6 heteroatoms. The summed E-state index contributed by atoms with van der Waals surface area (Å²) in [5.41, 5.74) is 5.66. The third kappa shape index (κ3) is 4.60. The summed E-state index contributed by atoms with van der Waals surface area (Å²) in [5.74, 6) is 0.863. The average Bonchev–Trinajstić information content (AvgIpc) is 3.11. The van der Waals surface area contributed by atoms with E-state index < -0.39 is 0 Å². The molecule has 0 aromatic carbocycles. The van der Waals surface area contributed by atoms with Gasteiger partial charge in [-0.05, 0) is 38.1 Å². The molecule has 3 rings (SSSR count). The molecular formula is C13H22ClN3OS. The van der Waals surface area contributed by atoms with Crippen molar-refractivity contribution in [3.8, 4) is 0 Å². The van der Waals surface area contributed by atoms with Crippen LogP contribution in [0.4, 0.5) is 5.13 Å². The molecule has 19 heavy (non-hydrogen) atoms. The van der Waals surface area contributed by atoms with Crippen molar-refractivity contribution in [1.82, 2.24) is 9.88 Å². The van der Waals surface area contributed by atoms with Gasteiger partial charge in [0.2, 0.25) is 0 Å². The van der Waals surface area contributed by atoms with E-state index in [-0.39, 0.29) is 12.4 Å². The Hall–Kier alpha value is -0.360. The molecule has 1 aromatic heterocycles. The van der Waals surface area contributed by atoms with Crippen LogP contribution in [-0.2, 0) is 11.3 Å². The van der Waals surface area contributed by atoms with Crippen LogP contribution in [0.15, 0.2) is 6.20 Å². The molecule has 2 heterocycles. The molecule has 1 aliphatic carbocycles. The summed E-state index contributed by atoms with van der Waals surface area (Å²) in [6, 6.07) is 0. The Bertz CT molecular complexity index is 397. The summed E-state index contributed by atoms with van der Waals surface area (Å²) in [4.78, 5) is 7.83. The number of thiazole rings is 1. The van der Waals surface area contributed by atoms with Crippen LogP contribution in [0.5, 0.6) is 0 Å². The summed E-state index contributed by atoms with van der Waals surface area (Å²) >= 11 is 1.60. The SMILES string of the molecule is Cl.Nc1ncc(CN2CCCC(OCC3CC3)C2)s1. The fourth-order valence-corrected chi connectivity index (χ4v) is 3.19. The molecule has 108 valence electrons. The van der Waals surface area contributed by atoms with E-state index in [0.29, 0.717) is 11.2 Å². The van der Waals surface area contributed by atoms with E-state index in [9.17, 15) is 0 Å². The van der Waals surface area contributed by atoms with Crippen LogP contribution in [0, 0.1) is 5.92 Å². The maximum Gasteiger partial charge on any atom is 0.180 e. The molecule has 4 nitrogen and oxygen atoms in total. The Morgan fingerprint density at radius 2 is 2.26 bits per heavy atom. The Balaban J connectivity index is 0.00000133. The van der Waals surface area contributed by atoms with Gasteiger partial charge in [-0.15, -0.1) is 23.7 Å². The minimum absolute atomic E-state index is 0. The van der Waals surface area contributed by atoms with Crippen molar-refractivity contribution < 1.29 is 4.74 Å². The van der Waals surface area contributed by atoms with Crippen molar-refractivity contribution in [2.75, 3.05) is 25.4 Å². The zero-order valence-electron chi connectivity index (χ0n) is 11.1. The lowest BCUT2D eigenvalue weighted by Crippen LogP contribution is -2.39. The van der Waals surface area contributed by atoms with Crippen molar-refractivity contribution in [1.29, 1.82) is 0 Å². The minimum Gasteiger partial charge on any atom is -0.377 e. The number of ether oxygens (including phenoxy) is 1. The lowest BCUT2D eigenvalue weighted by molar-refractivity contribution is -0.00701. The van der Waals surface area contributed by atoms with Crippen molar-refractivity contribution in [2.24, 2.45) is 5.92 Å². The zero-order chi connectivity index (χ0) is 12.4. The highest BCUT2D eigenvalue weighted by molar-refractivity contribution is 7.15. The molecule has 1 unspecified atom stereocenters. The van der Waals surface area contributed by atoms with Gasteiger partial charge in [0.1, 0.15) is 0 Å². The van der Waals surface area contributed by atoms with E-state index in [4.69, 9.17) is 10.5 Å². The molecule has 2 fully saturated rings. The number of nitrogen functional groups attached to an aromatic ring is 1. The number of likely N-dealkylation sites (tertiary alicyclic amines) is 1. The van der Waals surface area contributed by atoms with Crippen LogP contribution < -0.4 is 5.73 Å². The van der Waals surface area contributed by atoms with Gasteiger partial charge in [-0.3, -0.25) is 4.90 Å². The second-order valence-corrected chi connectivity index (χ2v) is 6.59. The first-order valence-corrected chi connectivity index (χ1v) is 7.65. The molecule has 1 aliphatic heterocycles. The van der Waals surface area contributed by atoms with Crippen LogP contribution >= 0.6 is 23.7 Å². The van der Waals surface area contributed by atoms with Gasteiger partial charge in [0, 0.05) is 30.8 Å². The number of aromatic nitrogens is 1. The Morgan fingerprint density at radius 1 is 1.42 bits per heavy atom. The Morgan fingerprint density at radius 3 is 2.95 bits per heavy atom. The van der Waals surface area contributed by atoms with Gasteiger partial charge in [-0.1, -0.05) is 0 Å². The van der Waals surface area contributed by atoms with Crippen LogP contribution in [-0.4, -0.2) is 35.7 Å². The summed E-state index contributed by atoms with van der Waals surface area (Å²) in [6.07, 6.45) is 7.53. The number of hydrogen-bond donors (Lipinski definition) is 1. The summed E-state index contributed by atoms with van der Waals surface area (Å²) < 4.78 is 6.00. The number of nitrogens with two attached hydrogens (primary N) is 1. The molecule has 1 saturated carbocycles. The topological polar surface area (TPSA) is 51.4 Å². The third-order valence-corrected chi connectivity index (χ3v) is 4.49. The smallest absolute Gasteiger partial charge is 0.180 e. The fraction of sp³-hybridized carbons (Fsp3) is 0.769. The van der Waals surface area contributed by atoms with E-state index in [1.165, 1.54) is 37.1 Å². The maximum absolute atomic E-state index is 6.00. The predicted octanol–water partition coefficient (Wildman–Crippen LogP) is 2.54. The molecule has 1 atom stereocenters. The van der Waals surface area contributed by atoms with Crippen LogP contribution in [0.25, 0.3) is 0 Å². The van der Waals surface area contributed by atoms with Gasteiger partial charge in [-0.2, -0.15) is 0 Å². The third-order valence-electron chi connectivity index (χ3n) is 3.68. The van der Waals surface area contributed by atoms with Crippen LogP contribution in [0.1, 0.15) is 30.6 Å². The van der Waals surface area contributed by atoms with Gasteiger partial charge in [0.25, 0.3) is 0 Å². The molecule has 2 aliphatic rings. The molecule has 0 bridgehead atoms. The van der Waals surface area contributed by atoms with E-state index in [1.807, 2.05) is 6.20 Å². The summed E-state index contributed by atoms with van der Waals surface area (Å²) in [6.45, 7) is 4.18. The van der Waals surface area contributed by atoms with E-state index in [0.717, 1.165) is 25.6 Å². The number of rotatable bonds is 5. The summed E-state index contributed by atoms with van der Waals surface area (Å²) in [7, 11) is 0. The number of halogens is 1. The molecule has 0 amide bonds. The molecule has 2 N–H and O–H groups in total. The quantitative estimate of drug-likeness (QED) is 0.908. The Kier molecular flexibility index (Phi) is 5.45. The minimum atomic E-state index is 0. The standard InChI is InChI=1S/C13H21N3OS.ClH/c14-13-15-6-12(18-13)8-16-5-1-2-11(7-16)17-9-10-3-4-10;/h6,10-11H,1-5,7-9H2,(H2,14,15);1H. The van der Waals surface area contributed by atoms with E-state index in [2.05, 4.69) is 9.88 Å². The molecule has 1 saturated heterocycles. The Labute approximate surface area is 124 Å². The second-order valence-electron chi connectivity index (χ2n) is 5.44. The largest absolute Gasteiger partial charge is 0.377 e. The van der Waals surface area contributed by atoms with Gasteiger partial charge < -0.3 is 10.5 Å². The highest BCUT2D eigenvalue weighted by atomic mass is 35.5.